The van der Waals surface area contributed by atoms with E-state index in [9.17, 15) is 12.8 Å². The molecule has 0 atom stereocenters. The Labute approximate surface area is 102 Å². The van der Waals surface area contributed by atoms with Crippen molar-refractivity contribution in [3.63, 3.8) is 0 Å². The van der Waals surface area contributed by atoms with Gasteiger partial charge in [0, 0.05) is 20.1 Å². The Morgan fingerprint density at radius 2 is 2.12 bits per heavy atom. The molecule has 4 nitrogen and oxygen atoms in total. The Hall–Kier alpha value is -0.500. The van der Waals surface area contributed by atoms with Crippen molar-refractivity contribution >= 4 is 26.0 Å². The summed E-state index contributed by atoms with van der Waals surface area (Å²) in [5, 5.41) is 0. The van der Waals surface area contributed by atoms with E-state index in [1.807, 2.05) is 0 Å². The maximum absolute atomic E-state index is 13.2. The average Bonchev–Trinajstić information content (AvgIpc) is 2.22. The first-order valence-electron chi connectivity index (χ1n) is 4.51. The summed E-state index contributed by atoms with van der Waals surface area (Å²) < 4.78 is 38.3. The Balaban J connectivity index is 3.12. The van der Waals surface area contributed by atoms with Gasteiger partial charge in [0.05, 0.1) is 9.37 Å². The van der Waals surface area contributed by atoms with Gasteiger partial charge in [0.1, 0.15) is 5.82 Å². The summed E-state index contributed by atoms with van der Waals surface area (Å²) in [6.07, 6.45) is 0. The average molecular weight is 311 g/mol. The molecule has 0 aliphatic carbocycles. The quantitative estimate of drug-likeness (QED) is 0.908. The van der Waals surface area contributed by atoms with Crippen LogP contribution in [0.3, 0.4) is 0 Å². The second-order valence-corrected chi connectivity index (χ2v) is 6.09. The number of sulfonamides is 1. The molecule has 0 bridgehead atoms. The molecule has 0 aromatic heterocycles. The summed E-state index contributed by atoms with van der Waals surface area (Å²) in [5.41, 5.74) is 5.27. The second kappa shape index (κ2) is 5.22. The highest BCUT2D eigenvalue weighted by atomic mass is 79.9. The lowest BCUT2D eigenvalue weighted by Crippen LogP contribution is -2.31. The number of rotatable bonds is 4. The zero-order chi connectivity index (χ0) is 12.3. The largest absolute Gasteiger partial charge is 0.329 e. The van der Waals surface area contributed by atoms with Crippen LogP contribution in [0.15, 0.2) is 27.6 Å². The minimum Gasteiger partial charge on any atom is -0.329 e. The van der Waals surface area contributed by atoms with Gasteiger partial charge in [0.25, 0.3) is 0 Å². The van der Waals surface area contributed by atoms with E-state index in [1.165, 1.54) is 19.2 Å². The normalized spacial score (nSPS) is 12.1. The molecule has 0 unspecified atom stereocenters. The number of nitrogens with two attached hydrogens (primary N) is 1. The first-order chi connectivity index (χ1) is 7.39. The third-order valence-corrected chi connectivity index (χ3v) is 4.54. The summed E-state index contributed by atoms with van der Waals surface area (Å²) in [4.78, 5) is -0.0795. The van der Waals surface area contributed by atoms with Gasteiger partial charge in [-0.25, -0.2) is 12.8 Å². The molecule has 0 fully saturated rings. The Morgan fingerprint density at radius 3 is 2.62 bits per heavy atom. The van der Waals surface area contributed by atoms with E-state index in [4.69, 9.17) is 5.73 Å². The van der Waals surface area contributed by atoms with Gasteiger partial charge < -0.3 is 5.73 Å². The highest BCUT2D eigenvalue weighted by Gasteiger charge is 2.20. The van der Waals surface area contributed by atoms with Crippen molar-refractivity contribution in [1.29, 1.82) is 0 Å². The molecule has 1 aromatic carbocycles. The van der Waals surface area contributed by atoms with E-state index < -0.39 is 15.8 Å². The third-order valence-electron chi connectivity index (χ3n) is 2.04. The molecule has 90 valence electrons. The Bertz CT molecular complexity index is 478. The van der Waals surface area contributed by atoms with E-state index >= 15 is 0 Å². The van der Waals surface area contributed by atoms with E-state index in [0.29, 0.717) is 0 Å². The Kier molecular flexibility index (Phi) is 4.43. The summed E-state index contributed by atoms with van der Waals surface area (Å²) in [7, 11) is -2.24. The van der Waals surface area contributed by atoms with Crippen LogP contribution in [0.1, 0.15) is 0 Å². The van der Waals surface area contributed by atoms with Gasteiger partial charge in [-0.05, 0) is 34.1 Å². The molecule has 0 saturated carbocycles. The first kappa shape index (κ1) is 13.6. The molecule has 0 aliphatic rings. The fraction of sp³-hybridized carbons (Fsp3) is 0.333. The predicted molar refractivity (Wildman–Crippen MR) is 63.0 cm³/mol. The summed E-state index contributed by atoms with van der Waals surface area (Å²) in [6.45, 7) is 0.411. The SMILES string of the molecule is CN(CCN)S(=O)(=O)c1ccc(Br)c(F)c1. The monoisotopic (exact) mass is 310 g/mol. The molecule has 0 radical (unpaired) electrons. The highest BCUT2D eigenvalue weighted by Crippen LogP contribution is 2.21. The molecule has 0 amide bonds. The smallest absolute Gasteiger partial charge is 0.242 e. The van der Waals surface area contributed by atoms with Gasteiger partial charge in [0.15, 0.2) is 0 Å². The topological polar surface area (TPSA) is 63.4 Å². The van der Waals surface area contributed by atoms with Gasteiger partial charge in [-0.2, -0.15) is 4.31 Å². The van der Waals surface area contributed by atoms with Gasteiger partial charge in [0.2, 0.25) is 10.0 Å². The number of halogens is 2. The van der Waals surface area contributed by atoms with Crippen molar-refractivity contribution in [2.45, 2.75) is 4.90 Å². The zero-order valence-electron chi connectivity index (χ0n) is 8.65. The minimum absolute atomic E-state index is 0.0795. The maximum atomic E-state index is 13.2. The maximum Gasteiger partial charge on any atom is 0.242 e. The number of likely N-dealkylation sites (N-methyl/N-ethyl adjacent to an activating group) is 1. The molecule has 16 heavy (non-hydrogen) atoms. The first-order valence-corrected chi connectivity index (χ1v) is 6.74. The van der Waals surface area contributed by atoms with Crippen molar-refractivity contribution in [3.8, 4) is 0 Å². The second-order valence-electron chi connectivity index (χ2n) is 3.19. The van der Waals surface area contributed by atoms with Crippen LogP contribution in [-0.4, -0.2) is 32.9 Å². The predicted octanol–water partition coefficient (Wildman–Crippen LogP) is 1.17. The molecule has 2 N–H and O–H groups in total. The Morgan fingerprint density at radius 1 is 1.50 bits per heavy atom. The minimum atomic E-state index is -3.65. The van der Waals surface area contributed by atoms with Gasteiger partial charge in [-0.1, -0.05) is 0 Å². The summed E-state index contributed by atoms with van der Waals surface area (Å²) >= 11 is 2.96. The van der Waals surface area contributed by atoms with Crippen molar-refractivity contribution in [1.82, 2.24) is 4.31 Å². The van der Waals surface area contributed by atoms with Crippen LogP contribution in [0.2, 0.25) is 0 Å². The fourth-order valence-corrected chi connectivity index (χ4v) is 2.56. The van der Waals surface area contributed by atoms with Gasteiger partial charge in [-0.15, -0.1) is 0 Å². The summed E-state index contributed by atoms with van der Waals surface area (Å²) in [5.74, 6) is -0.609. The van der Waals surface area contributed by atoms with Crippen LogP contribution in [-0.2, 0) is 10.0 Å². The molecule has 0 heterocycles. The standard InChI is InChI=1S/C9H12BrFN2O2S/c1-13(5-4-12)16(14,15)7-2-3-8(10)9(11)6-7/h2-3,6H,4-5,12H2,1H3. The molecule has 1 aromatic rings. The highest BCUT2D eigenvalue weighted by molar-refractivity contribution is 9.10. The lowest BCUT2D eigenvalue weighted by atomic mass is 10.3. The number of hydrogen-bond acceptors (Lipinski definition) is 3. The number of nitrogens with zero attached hydrogens (tertiary/aromatic N) is 1. The third kappa shape index (κ3) is 2.79. The zero-order valence-corrected chi connectivity index (χ0v) is 11.1. The van der Waals surface area contributed by atoms with Crippen LogP contribution >= 0.6 is 15.9 Å². The molecule has 7 heteroatoms. The molecular formula is C9H12BrFN2O2S. The van der Waals surface area contributed by atoms with Crippen molar-refractivity contribution < 1.29 is 12.8 Å². The van der Waals surface area contributed by atoms with Crippen molar-refractivity contribution in [3.05, 3.63) is 28.5 Å². The lowest BCUT2D eigenvalue weighted by molar-refractivity contribution is 0.475. The van der Waals surface area contributed by atoms with Crippen LogP contribution in [0.4, 0.5) is 4.39 Å². The number of benzene rings is 1. The van der Waals surface area contributed by atoms with Crippen LogP contribution in [0, 0.1) is 5.82 Å². The van der Waals surface area contributed by atoms with Crippen LogP contribution < -0.4 is 5.73 Å². The lowest BCUT2D eigenvalue weighted by Gasteiger charge is -2.16. The van der Waals surface area contributed by atoms with Gasteiger partial charge in [-0.3, -0.25) is 0 Å². The van der Waals surface area contributed by atoms with E-state index in [0.717, 1.165) is 10.4 Å². The van der Waals surface area contributed by atoms with Crippen LogP contribution in [0.5, 0.6) is 0 Å². The van der Waals surface area contributed by atoms with Gasteiger partial charge >= 0.3 is 0 Å². The fourth-order valence-electron chi connectivity index (χ4n) is 1.12. The van der Waals surface area contributed by atoms with Crippen molar-refractivity contribution in [2.75, 3.05) is 20.1 Å². The molecule has 1 rings (SSSR count). The van der Waals surface area contributed by atoms with E-state index in [2.05, 4.69) is 15.9 Å². The molecule has 0 spiro atoms. The van der Waals surface area contributed by atoms with E-state index in [1.54, 1.807) is 0 Å². The van der Waals surface area contributed by atoms with E-state index in [-0.39, 0.29) is 22.5 Å². The molecular weight excluding hydrogens is 299 g/mol. The van der Waals surface area contributed by atoms with Crippen LogP contribution in [0.25, 0.3) is 0 Å². The summed E-state index contributed by atoms with van der Waals surface area (Å²) in [6, 6.07) is 3.68. The van der Waals surface area contributed by atoms with Crippen molar-refractivity contribution in [2.24, 2.45) is 5.73 Å². The molecule has 0 saturated heterocycles. The molecule has 0 aliphatic heterocycles. The number of hydrogen-bond donors (Lipinski definition) is 1.